The second kappa shape index (κ2) is 6.23. The summed E-state index contributed by atoms with van der Waals surface area (Å²) in [5.41, 5.74) is 2.52. The van der Waals surface area contributed by atoms with Gasteiger partial charge in [-0.1, -0.05) is 41.9 Å². The number of aryl methyl sites for hydroxylation is 1. The molecule has 0 radical (unpaired) electrons. The summed E-state index contributed by atoms with van der Waals surface area (Å²) in [6.45, 7) is 4.23. The van der Waals surface area contributed by atoms with Crippen LogP contribution in [0.15, 0.2) is 40.9 Å². The molecule has 1 saturated heterocycles. The molecule has 0 bridgehead atoms. The molecule has 1 atom stereocenters. The normalized spacial score (nSPS) is 20.1. The molecular weight excluding hydrogens is 248 g/mol. The molecule has 3 nitrogen and oxygen atoms in total. The van der Waals surface area contributed by atoms with Crippen molar-refractivity contribution in [3.8, 4) is 0 Å². The van der Waals surface area contributed by atoms with Crippen LogP contribution in [-0.2, 0) is 6.42 Å². The number of rotatable bonds is 4. The van der Waals surface area contributed by atoms with Gasteiger partial charge in [-0.3, -0.25) is 4.90 Å². The Labute approximate surface area is 120 Å². The fraction of sp³-hybridized carbons (Fsp3) is 0.471. The minimum Gasteiger partial charge on any atom is -0.361 e. The molecule has 0 unspecified atom stereocenters. The molecule has 0 amide bonds. The van der Waals surface area contributed by atoms with E-state index < -0.39 is 0 Å². The summed E-state index contributed by atoms with van der Waals surface area (Å²) in [5, 5.41) is 4.23. The van der Waals surface area contributed by atoms with Gasteiger partial charge in [-0.05, 0) is 38.3 Å². The highest BCUT2D eigenvalue weighted by atomic mass is 16.5. The van der Waals surface area contributed by atoms with E-state index in [-0.39, 0.29) is 0 Å². The van der Waals surface area contributed by atoms with Gasteiger partial charge >= 0.3 is 0 Å². The van der Waals surface area contributed by atoms with Crippen LogP contribution in [0.25, 0.3) is 0 Å². The Hall–Kier alpha value is -1.61. The van der Waals surface area contributed by atoms with Gasteiger partial charge in [0.15, 0.2) is 0 Å². The third kappa shape index (κ3) is 3.10. The summed E-state index contributed by atoms with van der Waals surface area (Å²) >= 11 is 0. The predicted octanol–water partition coefficient (Wildman–Crippen LogP) is 3.75. The Balaban J connectivity index is 1.66. The van der Waals surface area contributed by atoms with Crippen molar-refractivity contribution in [3.63, 3.8) is 0 Å². The zero-order chi connectivity index (χ0) is 13.8. The van der Waals surface area contributed by atoms with Crippen molar-refractivity contribution in [1.29, 1.82) is 0 Å². The number of benzene rings is 1. The van der Waals surface area contributed by atoms with Gasteiger partial charge in [0.25, 0.3) is 0 Å². The summed E-state index contributed by atoms with van der Waals surface area (Å²) in [5.74, 6) is 0.911. The van der Waals surface area contributed by atoms with Crippen LogP contribution in [0, 0.1) is 6.92 Å². The molecule has 1 aliphatic heterocycles. The van der Waals surface area contributed by atoms with Gasteiger partial charge < -0.3 is 4.52 Å². The maximum Gasteiger partial charge on any atom is 0.133 e. The van der Waals surface area contributed by atoms with Crippen molar-refractivity contribution in [2.45, 2.75) is 38.6 Å². The number of nitrogens with zero attached hydrogens (tertiary/aromatic N) is 2. The van der Waals surface area contributed by atoms with Crippen molar-refractivity contribution >= 4 is 0 Å². The Morgan fingerprint density at radius 2 is 2.10 bits per heavy atom. The lowest BCUT2D eigenvalue weighted by atomic mass is 9.98. The minimum atomic E-state index is 0.435. The first-order valence-corrected chi connectivity index (χ1v) is 7.54. The van der Waals surface area contributed by atoms with Gasteiger partial charge in [0, 0.05) is 12.6 Å². The van der Waals surface area contributed by atoms with Crippen LogP contribution in [0.1, 0.15) is 42.3 Å². The SMILES string of the molecule is Cc1cc([C@H]2CCCCN2CCc2ccccc2)no1. The lowest BCUT2D eigenvalue weighted by Gasteiger charge is -2.34. The Bertz CT molecular complexity index is 535. The molecule has 1 aromatic heterocycles. The summed E-state index contributed by atoms with van der Waals surface area (Å²) in [4.78, 5) is 2.56. The van der Waals surface area contributed by atoms with Crippen molar-refractivity contribution < 1.29 is 4.52 Å². The number of piperidine rings is 1. The van der Waals surface area contributed by atoms with Gasteiger partial charge in [0.05, 0.1) is 6.04 Å². The largest absolute Gasteiger partial charge is 0.361 e. The van der Waals surface area contributed by atoms with Crippen LogP contribution in [-0.4, -0.2) is 23.1 Å². The second-order valence-corrected chi connectivity index (χ2v) is 5.65. The van der Waals surface area contributed by atoms with E-state index in [0.29, 0.717) is 6.04 Å². The average Bonchev–Trinajstić information content (AvgIpc) is 2.93. The Kier molecular flexibility index (Phi) is 4.16. The van der Waals surface area contributed by atoms with Crippen molar-refractivity contribution in [2.24, 2.45) is 0 Å². The molecule has 1 fully saturated rings. The number of aromatic nitrogens is 1. The van der Waals surface area contributed by atoms with Gasteiger partial charge in [-0.15, -0.1) is 0 Å². The summed E-state index contributed by atoms with van der Waals surface area (Å²) in [6, 6.07) is 13.2. The number of hydrogen-bond donors (Lipinski definition) is 0. The molecule has 0 N–H and O–H groups in total. The van der Waals surface area contributed by atoms with Gasteiger partial charge in [0.1, 0.15) is 11.5 Å². The van der Waals surface area contributed by atoms with Gasteiger partial charge in [-0.25, -0.2) is 0 Å². The average molecular weight is 270 g/mol. The van der Waals surface area contributed by atoms with Gasteiger partial charge in [0.2, 0.25) is 0 Å². The van der Waals surface area contributed by atoms with Crippen LogP contribution < -0.4 is 0 Å². The second-order valence-electron chi connectivity index (χ2n) is 5.65. The Morgan fingerprint density at radius 3 is 2.85 bits per heavy atom. The topological polar surface area (TPSA) is 29.3 Å². The van der Waals surface area contributed by atoms with E-state index in [1.165, 1.54) is 31.4 Å². The minimum absolute atomic E-state index is 0.435. The first-order chi connectivity index (χ1) is 9.83. The first kappa shape index (κ1) is 13.4. The lowest BCUT2D eigenvalue weighted by molar-refractivity contribution is 0.143. The van der Waals surface area contributed by atoms with Crippen LogP contribution in [0.2, 0.25) is 0 Å². The molecule has 2 aromatic rings. The van der Waals surface area contributed by atoms with Crippen molar-refractivity contribution in [2.75, 3.05) is 13.1 Å². The summed E-state index contributed by atoms with van der Waals surface area (Å²) in [7, 11) is 0. The molecule has 0 saturated carbocycles. The number of hydrogen-bond acceptors (Lipinski definition) is 3. The zero-order valence-electron chi connectivity index (χ0n) is 12.1. The highest BCUT2D eigenvalue weighted by Gasteiger charge is 2.25. The molecular formula is C17H22N2O. The number of likely N-dealkylation sites (tertiary alicyclic amines) is 1. The van der Waals surface area contributed by atoms with Crippen LogP contribution in [0.5, 0.6) is 0 Å². The van der Waals surface area contributed by atoms with Crippen LogP contribution >= 0.6 is 0 Å². The van der Waals surface area contributed by atoms with Crippen molar-refractivity contribution in [3.05, 3.63) is 53.4 Å². The quantitative estimate of drug-likeness (QED) is 0.847. The standard InChI is InChI=1S/C17H22N2O/c1-14-13-16(18-20-14)17-9-5-6-11-19(17)12-10-15-7-3-2-4-8-15/h2-4,7-8,13,17H,5-6,9-12H2,1H3/t17-/m1/s1. The summed E-state index contributed by atoms with van der Waals surface area (Å²) in [6.07, 6.45) is 4.88. The predicted molar refractivity (Wildman–Crippen MR) is 79.6 cm³/mol. The third-order valence-electron chi connectivity index (χ3n) is 4.13. The molecule has 1 aromatic carbocycles. The highest BCUT2D eigenvalue weighted by Crippen LogP contribution is 2.30. The fourth-order valence-electron chi connectivity index (χ4n) is 3.05. The first-order valence-electron chi connectivity index (χ1n) is 7.54. The van der Waals surface area contributed by atoms with Crippen molar-refractivity contribution in [1.82, 2.24) is 10.1 Å². The molecule has 20 heavy (non-hydrogen) atoms. The van der Waals surface area contributed by atoms with E-state index in [4.69, 9.17) is 4.52 Å². The van der Waals surface area contributed by atoms with Crippen LogP contribution in [0.4, 0.5) is 0 Å². The van der Waals surface area contributed by atoms with E-state index in [2.05, 4.69) is 46.5 Å². The van der Waals surface area contributed by atoms with E-state index in [1.807, 2.05) is 6.92 Å². The summed E-state index contributed by atoms with van der Waals surface area (Å²) < 4.78 is 5.25. The third-order valence-corrected chi connectivity index (χ3v) is 4.13. The molecule has 2 heterocycles. The zero-order valence-corrected chi connectivity index (χ0v) is 12.1. The highest BCUT2D eigenvalue weighted by molar-refractivity contribution is 5.15. The van der Waals surface area contributed by atoms with E-state index in [1.54, 1.807) is 0 Å². The van der Waals surface area contributed by atoms with E-state index in [0.717, 1.165) is 24.4 Å². The molecule has 3 heteroatoms. The molecule has 3 rings (SSSR count). The Morgan fingerprint density at radius 1 is 1.25 bits per heavy atom. The van der Waals surface area contributed by atoms with Gasteiger partial charge in [-0.2, -0.15) is 0 Å². The molecule has 0 aliphatic carbocycles. The van der Waals surface area contributed by atoms with Crippen LogP contribution in [0.3, 0.4) is 0 Å². The van der Waals surface area contributed by atoms with E-state index in [9.17, 15) is 0 Å². The maximum atomic E-state index is 5.25. The fourth-order valence-corrected chi connectivity index (χ4v) is 3.05. The lowest BCUT2D eigenvalue weighted by Crippen LogP contribution is -2.35. The maximum absolute atomic E-state index is 5.25. The molecule has 0 spiro atoms. The smallest absolute Gasteiger partial charge is 0.133 e. The molecule has 1 aliphatic rings. The monoisotopic (exact) mass is 270 g/mol. The molecule has 106 valence electrons. The van der Waals surface area contributed by atoms with E-state index >= 15 is 0 Å².